The average molecular weight is 637 g/mol. The molecule has 3 saturated heterocycles. The molecule has 3 aromatic rings. The van der Waals surface area contributed by atoms with Crippen molar-refractivity contribution in [3.8, 4) is 11.3 Å². The number of H-pyrrole nitrogens is 1. The topological polar surface area (TPSA) is 124 Å². The number of likely N-dealkylation sites (tertiary alicyclic amines) is 1. The standard InChI is InChI=1S/C32H41BN4O7S/c1-19(2)26(36-29(39)40-7)27(38)37-18-32(41-12-13-42-32)16-25(37)45-28-34-17-24(35-28)22-9-8-21-15-23(11-10-20(21)14-22)33-43-30(3,4)31(5,6)44-33/h8-11,14-15,17,19,25-26H,12-13,16,18H2,1-7H3,(H,34,35)(H,36,39)/t25?,26-/m0/s1. The zero-order valence-electron chi connectivity index (χ0n) is 26.8. The van der Waals surface area contributed by atoms with E-state index in [1.54, 1.807) is 11.1 Å². The Balaban J connectivity index is 1.20. The highest BCUT2D eigenvalue weighted by molar-refractivity contribution is 7.99. The molecule has 2 aromatic carbocycles. The minimum Gasteiger partial charge on any atom is -0.453 e. The number of aromatic amines is 1. The van der Waals surface area contributed by atoms with Gasteiger partial charge in [-0.25, -0.2) is 9.78 Å². The molecule has 2 N–H and O–H groups in total. The largest absolute Gasteiger partial charge is 0.494 e. The van der Waals surface area contributed by atoms with E-state index in [9.17, 15) is 9.59 Å². The van der Waals surface area contributed by atoms with Gasteiger partial charge in [0.2, 0.25) is 5.91 Å². The van der Waals surface area contributed by atoms with Crippen molar-refractivity contribution in [3.63, 3.8) is 0 Å². The van der Waals surface area contributed by atoms with Gasteiger partial charge in [-0.3, -0.25) is 4.79 Å². The van der Waals surface area contributed by atoms with Crippen LogP contribution in [0.5, 0.6) is 0 Å². The molecular weight excluding hydrogens is 595 g/mol. The maximum absolute atomic E-state index is 13.8. The number of aromatic nitrogens is 2. The highest BCUT2D eigenvalue weighted by atomic mass is 32.2. The van der Waals surface area contributed by atoms with Gasteiger partial charge in [-0.1, -0.05) is 55.9 Å². The second kappa shape index (κ2) is 11.9. The molecule has 0 saturated carbocycles. The van der Waals surface area contributed by atoms with E-state index in [4.69, 9.17) is 23.5 Å². The Morgan fingerprint density at radius 1 is 1.07 bits per heavy atom. The molecule has 2 atom stereocenters. The van der Waals surface area contributed by atoms with Crippen molar-refractivity contribution < 1.29 is 33.1 Å². The number of amides is 2. The van der Waals surface area contributed by atoms with Crippen LogP contribution in [0, 0.1) is 5.92 Å². The number of benzene rings is 2. The Morgan fingerprint density at radius 3 is 2.40 bits per heavy atom. The van der Waals surface area contributed by atoms with Crippen molar-refractivity contribution in [2.24, 2.45) is 5.92 Å². The van der Waals surface area contributed by atoms with Crippen LogP contribution in [0.15, 0.2) is 47.8 Å². The van der Waals surface area contributed by atoms with Gasteiger partial charge >= 0.3 is 13.2 Å². The van der Waals surface area contributed by atoms with E-state index in [0.717, 1.165) is 27.5 Å². The Kier molecular flexibility index (Phi) is 8.45. The van der Waals surface area contributed by atoms with Gasteiger partial charge in [-0.2, -0.15) is 0 Å². The predicted octanol–water partition coefficient (Wildman–Crippen LogP) is 4.30. The van der Waals surface area contributed by atoms with Crippen LogP contribution in [0.4, 0.5) is 4.79 Å². The highest BCUT2D eigenvalue weighted by Crippen LogP contribution is 2.42. The van der Waals surface area contributed by atoms with E-state index in [1.807, 2.05) is 13.8 Å². The lowest BCUT2D eigenvalue weighted by molar-refractivity contribution is -0.153. The minimum absolute atomic E-state index is 0.152. The van der Waals surface area contributed by atoms with Crippen molar-refractivity contribution >= 4 is 47.1 Å². The fraction of sp³-hybridized carbons (Fsp3) is 0.531. The molecule has 3 aliphatic heterocycles. The predicted molar refractivity (Wildman–Crippen MR) is 172 cm³/mol. The number of nitrogens with one attached hydrogen (secondary N) is 2. The summed E-state index contributed by atoms with van der Waals surface area (Å²) in [5.41, 5.74) is 2.04. The zero-order chi connectivity index (χ0) is 32.1. The number of carbonyl (C=O) groups is 2. The van der Waals surface area contributed by atoms with E-state index in [-0.39, 0.29) is 23.7 Å². The molecule has 45 heavy (non-hydrogen) atoms. The van der Waals surface area contributed by atoms with Gasteiger partial charge < -0.3 is 38.7 Å². The Hall–Kier alpha value is -3.10. The van der Waals surface area contributed by atoms with Gasteiger partial charge in [0.1, 0.15) is 6.04 Å². The average Bonchev–Trinajstić information content (AvgIpc) is 3.78. The first kappa shape index (κ1) is 31.9. The number of fused-ring (bicyclic) bond motifs is 1. The maximum atomic E-state index is 13.8. The molecule has 6 rings (SSSR count). The summed E-state index contributed by atoms with van der Waals surface area (Å²) < 4.78 is 29.2. The van der Waals surface area contributed by atoms with E-state index in [1.165, 1.54) is 18.9 Å². The highest BCUT2D eigenvalue weighted by Gasteiger charge is 2.53. The SMILES string of the molecule is COC(=O)N[C@H](C(=O)N1CC2(CC1Sc1ncc(-c3ccc4cc(B5OC(C)(C)C(C)(C)O5)ccc4c3)[nH]1)OCCO2)C(C)C. The molecule has 0 radical (unpaired) electrons. The molecule has 1 unspecified atom stereocenters. The number of alkyl carbamates (subject to hydrolysis) is 1. The lowest BCUT2D eigenvalue weighted by Crippen LogP contribution is -2.52. The maximum Gasteiger partial charge on any atom is 0.494 e. The number of hydrogen-bond donors (Lipinski definition) is 2. The summed E-state index contributed by atoms with van der Waals surface area (Å²) in [5, 5.41) is 5.21. The number of carbonyl (C=O) groups excluding carboxylic acids is 2. The van der Waals surface area contributed by atoms with E-state index in [2.05, 4.69) is 79.4 Å². The van der Waals surface area contributed by atoms with Crippen molar-refractivity contribution in [3.05, 3.63) is 42.6 Å². The third kappa shape index (κ3) is 6.20. The molecular formula is C32H41BN4O7S. The number of hydrogen-bond acceptors (Lipinski definition) is 9. The second-order valence-corrected chi connectivity index (χ2v) is 14.4. The third-order valence-corrected chi connectivity index (χ3v) is 10.4. The summed E-state index contributed by atoms with van der Waals surface area (Å²) in [4.78, 5) is 35.6. The molecule has 3 fully saturated rings. The Labute approximate surface area is 268 Å². The van der Waals surface area contributed by atoms with Crippen molar-refractivity contribution in [2.45, 2.75) is 81.5 Å². The van der Waals surface area contributed by atoms with Crippen molar-refractivity contribution in [1.29, 1.82) is 0 Å². The van der Waals surface area contributed by atoms with Crippen LogP contribution in [0.1, 0.15) is 48.0 Å². The van der Waals surface area contributed by atoms with Crippen molar-refractivity contribution in [2.75, 3.05) is 26.9 Å². The molecule has 1 spiro atoms. The number of nitrogens with zero attached hydrogens (tertiary/aromatic N) is 2. The summed E-state index contributed by atoms with van der Waals surface area (Å²) >= 11 is 1.44. The molecule has 13 heteroatoms. The summed E-state index contributed by atoms with van der Waals surface area (Å²) in [6, 6.07) is 11.8. The summed E-state index contributed by atoms with van der Waals surface area (Å²) in [7, 11) is 0.864. The zero-order valence-corrected chi connectivity index (χ0v) is 27.7. The molecule has 3 aliphatic rings. The van der Waals surface area contributed by atoms with Gasteiger partial charge in [-0.15, -0.1) is 0 Å². The van der Waals surface area contributed by atoms with Crippen LogP contribution >= 0.6 is 11.8 Å². The lowest BCUT2D eigenvalue weighted by atomic mass is 9.78. The number of imidazole rings is 1. The van der Waals surface area contributed by atoms with Gasteiger partial charge in [0.15, 0.2) is 10.9 Å². The summed E-state index contributed by atoms with van der Waals surface area (Å²) in [6.45, 7) is 13.2. The van der Waals surface area contributed by atoms with Gasteiger partial charge in [0.25, 0.3) is 0 Å². The van der Waals surface area contributed by atoms with Crippen LogP contribution < -0.4 is 10.8 Å². The molecule has 11 nitrogen and oxygen atoms in total. The van der Waals surface area contributed by atoms with Crippen molar-refractivity contribution in [1.82, 2.24) is 20.2 Å². The first-order chi connectivity index (χ1) is 21.3. The van der Waals surface area contributed by atoms with E-state index in [0.29, 0.717) is 24.8 Å². The molecule has 4 heterocycles. The fourth-order valence-corrected chi connectivity index (χ4v) is 7.09. The van der Waals surface area contributed by atoms with Crippen LogP contribution in [-0.4, -0.2) is 89.3 Å². The molecule has 240 valence electrons. The van der Waals surface area contributed by atoms with E-state index >= 15 is 0 Å². The first-order valence-electron chi connectivity index (χ1n) is 15.3. The number of thioether (sulfide) groups is 1. The smallest absolute Gasteiger partial charge is 0.453 e. The molecule has 0 bridgehead atoms. The van der Waals surface area contributed by atoms with E-state index < -0.39 is 36.2 Å². The van der Waals surface area contributed by atoms with Crippen LogP contribution in [0.25, 0.3) is 22.0 Å². The summed E-state index contributed by atoms with van der Waals surface area (Å²) in [6.07, 6.45) is 1.63. The second-order valence-electron chi connectivity index (χ2n) is 13.2. The normalized spacial score (nSPS) is 22.4. The van der Waals surface area contributed by atoms with Gasteiger partial charge in [0.05, 0.1) is 55.3 Å². The monoisotopic (exact) mass is 636 g/mol. The molecule has 1 aromatic heterocycles. The number of rotatable bonds is 7. The van der Waals surface area contributed by atoms with Crippen LogP contribution in [0.2, 0.25) is 0 Å². The molecule has 2 amide bonds. The lowest BCUT2D eigenvalue weighted by Gasteiger charge is -2.32. The minimum atomic E-state index is -0.868. The van der Waals surface area contributed by atoms with Crippen LogP contribution in [0.3, 0.4) is 0 Å². The Morgan fingerprint density at radius 2 is 1.73 bits per heavy atom. The van der Waals surface area contributed by atoms with Crippen LogP contribution in [-0.2, 0) is 28.3 Å². The quantitative estimate of drug-likeness (QED) is 0.366. The first-order valence-corrected chi connectivity index (χ1v) is 16.2. The van der Waals surface area contributed by atoms with Gasteiger partial charge in [-0.05, 0) is 55.9 Å². The third-order valence-electron chi connectivity index (χ3n) is 9.23. The van der Waals surface area contributed by atoms with Gasteiger partial charge in [0, 0.05) is 12.0 Å². The fourth-order valence-electron chi connectivity index (χ4n) is 5.91. The number of methoxy groups -OCH3 is 1. The molecule has 0 aliphatic carbocycles. The summed E-state index contributed by atoms with van der Waals surface area (Å²) in [5.74, 6) is -1.24. The number of ether oxygens (including phenoxy) is 3. The Bertz CT molecular complexity index is 1570.